The molecule has 0 radical (unpaired) electrons. The fourth-order valence-electron chi connectivity index (χ4n) is 2.30. The number of carbonyl (C=O) groups is 1. The second-order valence-corrected chi connectivity index (χ2v) is 7.06. The van der Waals surface area contributed by atoms with E-state index in [0.717, 1.165) is 18.5 Å². The Morgan fingerprint density at radius 2 is 2.00 bits per heavy atom. The molecule has 0 aromatic heterocycles. The number of anilines is 1. The van der Waals surface area contributed by atoms with E-state index in [1.807, 2.05) is 6.07 Å². The van der Waals surface area contributed by atoms with Gasteiger partial charge in [0.15, 0.2) is 9.84 Å². The second kappa shape index (κ2) is 5.70. The van der Waals surface area contributed by atoms with Crippen LogP contribution in [0.3, 0.4) is 0 Å². The minimum absolute atomic E-state index is 0.223. The van der Waals surface area contributed by atoms with E-state index in [-0.39, 0.29) is 12.1 Å². The predicted octanol–water partition coefficient (Wildman–Crippen LogP) is 1.05. The van der Waals surface area contributed by atoms with Crippen molar-refractivity contribution in [2.75, 3.05) is 24.7 Å². The van der Waals surface area contributed by atoms with Gasteiger partial charge in [-0.15, -0.1) is 0 Å². The van der Waals surface area contributed by atoms with E-state index in [1.54, 1.807) is 23.1 Å². The topological polar surface area (TPSA) is 92.5 Å². The number of carbonyl (C=O) groups excluding carboxylic acids is 1. The maximum atomic E-state index is 11.5. The van der Waals surface area contributed by atoms with Gasteiger partial charge in [0.1, 0.15) is 0 Å². The Kier molecular flexibility index (Phi) is 4.17. The van der Waals surface area contributed by atoms with Gasteiger partial charge in [-0.2, -0.15) is 0 Å². The zero-order valence-electron chi connectivity index (χ0n) is 11.4. The van der Waals surface area contributed by atoms with E-state index in [9.17, 15) is 13.2 Å². The molecule has 1 fully saturated rings. The SMILES string of the molecule is CS(=O)(=O)c1cccc(NC2CCN(C(N)=O)CC2)c1. The number of amides is 2. The number of primary amides is 1. The molecule has 7 heteroatoms. The van der Waals surface area contributed by atoms with Gasteiger partial charge in [0, 0.05) is 31.1 Å². The van der Waals surface area contributed by atoms with Crippen molar-refractivity contribution in [2.24, 2.45) is 5.73 Å². The van der Waals surface area contributed by atoms with Crippen molar-refractivity contribution in [1.29, 1.82) is 0 Å². The molecule has 1 aromatic rings. The summed E-state index contributed by atoms with van der Waals surface area (Å²) < 4.78 is 23.0. The summed E-state index contributed by atoms with van der Waals surface area (Å²) in [5.74, 6) is 0. The lowest BCUT2D eigenvalue weighted by molar-refractivity contribution is 0.193. The quantitative estimate of drug-likeness (QED) is 0.872. The lowest BCUT2D eigenvalue weighted by Crippen LogP contribution is -2.44. The Hall–Kier alpha value is -1.76. The number of urea groups is 1. The van der Waals surface area contributed by atoms with Gasteiger partial charge in [0.25, 0.3) is 0 Å². The Bertz CT molecular complexity index is 593. The molecule has 0 bridgehead atoms. The van der Waals surface area contributed by atoms with Gasteiger partial charge < -0.3 is 16.0 Å². The number of sulfone groups is 1. The monoisotopic (exact) mass is 297 g/mol. The number of hydrogen-bond donors (Lipinski definition) is 2. The highest BCUT2D eigenvalue weighted by Gasteiger charge is 2.21. The van der Waals surface area contributed by atoms with E-state index in [1.165, 1.54) is 6.26 Å². The first-order valence-corrected chi connectivity index (χ1v) is 8.36. The number of nitrogens with one attached hydrogen (secondary N) is 1. The van der Waals surface area contributed by atoms with Crippen LogP contribution in [-0.4, -0.2) is 44.7 Å². The minimum Gasteiger partial charge on any atom is -0.382 e. The maximum Gasteiger partial charge on any atom is 0.314 e. The van der Waals surface area contributed by atoms with Crippen LogP contribution < -0.4 is 11.1 Å². The van der Waals surface area contributed by atoms with Crippen LogP contribution in [0.1, 0.15) is 12.8 Å². The van der Waals surface area contributed by atoms with E-state index in [4.69, 9.17) is 5.73 Å². The second-order valence-electron chi connectivity index (χ2n) is 5.04. The highest BCUT2D eigenvalue weighted by atomic mass is 32.2. The number of nitrogens with two attached hydrogens (primary N) is 1. The number of hydrogen-bond acceptors (Lipinski definition) is 4. The Morgan fingerprint density at radius 3 is 2.55 bits per heavy atom. The van der Waals surface area contributed by atoms with Crippen LogP contribution in [-0.2, 0) is 9.84 Å². The molecule has 6 nitrogen and oxygen atoms in total. The van der Waals surface area contributed by atoms with Gasteiger partial charge in [-0.3, -0.25) is 0 Å². The highest BCUT2D eigenvalue weighted by molar-refractivity contribution is 7.90. The summed E-state index contributed by atoms with van der Waals surface area (Å²) in [7, 11) is -3.20. The molecule has 1 heterocycles. The first-order chi connectivity index (χ1) is 9.36. The first kappa shape index (κ1) is 14.6. The molecule has 1 saturated heterocycles. The van der Waals surface area contributed by atoms with Crippen molar-refractivity contribution in [3.63, 3.8) is 0 Å². The largest absolute Gasteiger partial charge is 0.382 e. The zero-order valence-corrected chi connectivity index (χ0v) is 12.2. The van der Waals surface area contributed by atoms with Crippen LogP contribution >= 0.6 is 0 Å². The van der Waals surface area contributed by atoms with Crippen molar-refractivity contribution in [3.8, 4) is 0 Å². The van der Waals surface area contributed by atoms with Gasteiger partial charge >= 0.3 is 6.03 Å². The van der Waals surface area contributed by atoms with Crippen molar-refractivity contribution in [1.82, 2.24) is 4.90 Å². The highest BCUT2D eigenvalue weighted by Crippen LogP contribution is 2.19. The van der Waals surface area contributed by atoms with Crippen molar-refractivity contribution < 1.29 is 13.2 Å². The molecule has 20 heavy (non-hydrogen) atoms. The molecule has 110 valence electrons. The van der Waals surface area contributed by atoms with Gasteiger partial charge in [-0.1, -0.05) is 6.07 Å². The number of benzene rings is 1. The van der Waals surface area contributed by atoms with Crippen molar-refractivity contribution >= 4 is 21.6 Å². The number of rotatable bonds is 3. The Morgan fingerprint density at radius 1 is 1.35 bits per heavy atom. The third kappa shape index (κ3) is 3.63. The maximum absolute atomic E-state index is 11.5. The third-order valence-electron chi connectivity index (χ3n) is 3.44. The Labute approximate surface area is 118 Å². The standard InChI is InChI=1S/C13H19N3O3S/c1-20(18,19)12-4-2-3-11(9-12)15-10-5-7-16(8-6-10)13(14)17/h2-4,9-10,15H,5-8H2,1H3,(H2,14,17). The molecular weight excluding hydrogens is 278 g/mol. The number of likely N-dealkylation sites (tertiary alicyclic amines) is 1. The van der Waals surface area contributed by atoms with E-state index < -0.39 is 9.84 Å². The van der Waals surface area contributed by atoms with Crippen LogP contribution in [0.2, 0.25) is 0 Å². The molecule has 2 amide bonds. The van der Waals surface area contributed by atoms with E-state index in [2.05, 4.69) is 5.32 Å². The predicted molar refractivity (Wildman–Crippen MR) is 77.4 cm³/mol. The van der Waals surface area contributed by atoms with Crippen molar-refractivity contribution in [3.05, 3.63) is 24.3 Å². The third-order valence-corrected chi connectivity index (χ3v) is 4.55. The average Bonchev–Trinajstić information content (AvgIpc) is 2.38. The molecule has 0 atom stereocenters. The summed E-state index contributed by atoms with van der Waals surface area (Å²) in [4.78, 5) is 13.0. The first-order valence-electron chi connectivity index (χ1n) is 6.47. The summed E-state index contributed by atoms with van der Waals surface area (Å²) in [6.07, 6.45) is 2.79. The van der Waals surface area contributed by atoms with E-state index >= 15 is 0 Å². The van der Waals surface area contributed by atoms with Gasteiger partial charge in [-0.25, -0.2) is 13.2 Å². The van der Waals surface area contributed by atoms with Crippen LogP contribution in [0.4, 0.5) is 10.5 Å². The zero-order chi connectivity index (χ0) is 14.8. The lowest BCUT2D eigenvalue weighted by Gasteiger charge is -2.31. The van der Waals surface area contributed by atoms with E-state index in [0.29, 0.717) is 18.0 Å². The molecule has 1 aliphatic heterocycles. The van der Waals surface area contributed by atoms with Crippen LogP contribution in [0.25, 0.3) is 0 Å². The molecule has 1 aliphatic rings. The molecular formula is C13H19N3O3S. The summed E-state index contributed by atoms with van der Waals surface area (Å²) >= 11 is 0. The molecule has 2 rings (SSSR count). The van der Waals surface area contributed by atoms with Crippen LogP contribution in [0.15, 0.2) is 29.2 Å². The minimum atomic E-state index is -3.20. The number of piperidine rings is 1. The smallest absolute Gasteiger partial charge is 0.314 e. The number of nitrogens with zero attached hydrogens (tertiary/aromatic N) is 1. The molecule has 0 unspecified atom stereocenters. The fourth-order valence-corrected chi connectivity index (χ4v) is 2.96. The summed E-state index contributed by atoms with van der Waals surface area (Å²) in [5.41, 5.74) is 6.02. The fraction of sp³-hybridized carbons (Fsp3) is 0.462. The molecule has 3 N–H and O–H groups in total. The summed E-state index contributed by atoms with van der Waals surface area (Å²) in [5, 5.41) is 3.31. The Balaban J connectivity index is 2.00. The summed E-state index contributed by atoms with van der Waals surface area (Å²) in [6.45, 7) is 1.25. The van der Waals surface area contributed by atoms with Crippen LogP contribution in [0, 0.1) is 0 Å². The van der Waals surface area contributed by atoms with Gasteiger partial charge in [0.05, 0.1) is 4.90 Å². The van der Waals surface area contributed by atoms with Crippen molar-refractivity contribution in [2.45, 2.75) is 23.8 Å². The normalized spacial score (nSPS) is 16.9. The van der Waals surface area contributed by atoms with Gasteiger partial charge in [0.2, 0.25) is 0 Å². The summed E-state index contributed by atoms with van der Waals surface area (Å²) in [6, 6.07) is 6.61. The molecule has 0 spiro atoms. The molecule has 1 aromatic carbocycles. The molecule has 0 aliphatic carbocycles. The average molecular weight is 297 g/mol. The van der Waals surface area contributed by atoms with Gasteiger partial charge in [-0.05, 0) is 31.0 Å². The molecule has 0 saturated carbocycles. The van der Waals surface area contributed by atoms with Crippen LogP contribution in [0.5, 0.6) is 0 Å². The lowest BCUT2D eigenvalue weighted by atomic mass is 10.1.